The smallest absolute Gasteiger partial charge is 0.157 e. The summed E-state index contributed by atoms with van der Waals surface area (Å²) in [4.78, 5) is 0. The van der Waals surface area contributed by atoms with E-state index in [1.54, 1.807) is 0 Å². The SMILES string of the molecule is Cc1ccccc1CNc1snc(N)c1C#N. The highest BCUT2D eigenvalue weighted by Crippen LogP contribution is 2.26. The van der Waals surface area contributed by atoms with Crippen molar-refractivity contribution < 1.29 is 0 Å². The lowest BCUT2D eigenvalue weighted by atomic mass is 10.1. The zero-order chi connectivity index (χ0) is 12.3. The third-order valence-corrected chi connectivity index (χ3v) is 3.35. The van der Waals surface area contributed by atoms with E-state index in [1.165, 1.54) is 22.7 Å². The molecule has 1 aromatic carbocycles. The molecule has 0 aliphatic heterocycles. The van der Waals surface area contributed by atoms with Crippen LogP contribution in [0.3, 0.4) is 0 Å². The van der Waals surface area contributed by atoms with Gasteiger partial charge in [-0.25, -0.2) is 0 Å². The summed E-state index contributed by atoms with van der Waals surface area (Å²) in [7, 11) is 0. The maximum Gasteiger partial charge on any atom is 0.157 e. The molecule has 1 aromatic heterocycles. The van der Waals surface area contributed by atoms with Crippen LogP contribution in [0.15, 0.2) is 24.3 Å². The third-order valence-electron chi connectivity index (χ3n) is 2.53. The van der Waals surface area contributed by atoms with Gasteiger partial charge in [0.2, 0.25) is 0 Å². The molecule has 0 saturated carbocycles. The Labute approximate surface area is 104 Å². The summed E-state index contributed by atoms with van der Waals surface area (Å²) >= 11 is 1.22. The van der Waals surface area contributed by atoms with Gasteiger partial charge in [0.25, 0.3) is 0 Å². The van der Waals surface area contributed by atoms with Crippen molar-refractivity contribution in [3.05, 3.63) is 41.0 Å². The summed E-state index contributed by atoms with van der Waals surface area (Å²) in [6.07, 6.45) is 0. The second kappa shape index (κ2) is 4.85. The molecular formula is C12H12N4S. The van der Waals surface area contributed by atoms with E-state index in [4.69, 9.17) is 11.0 Å². The Balaban J connectivity index is 2.13. The van der Waals surface area contributed by atoms with E-state index in [2.05, 4.69) is 34.8 Å². The Kier molecular flexibility index (Phi) is 3.26. The first-order chi connectivity index (χ1) is 8.22. The first-order valence-corrected chi connectivity index (χ1v) is 5.93. The molecule has 17 heavy (non-hydrogen) atoms. The largest absolute Gasteiger partial charge is 0.382 e. The van der Waals surface area contributed by atoms with Crippen molar-refractivity contribution in [2.45, 2.75) is 13.5 Å². The van der Waals surface area contributed by atoms with E-state index >= 15 is 0 Å². The van der Waals surface area contributed by atoms with Gasteiger partial charge in [0.1, 0.15) is 16.6 Å². The normalized spacial score (nSPS) is 9.88. The highest BCUT2D eigenvalue weighted by atomic mass is 32.1. The molecule has 0 radical (unpaired) electrons. The minimum Gasteiger partial charge on any atom is -0.382 e. The fourth-order valence-electron chi connectivity index (χ4n) is 1.52. The molecule has 0 unspecified atom stereocenters. The van der Waals surface area contributed by atoms with E-state index in [-0.39, 0.29) is 0 Å². The van der Waals surface area contributed by atoms with Crippen LogP contribution in [0.4, 0.5) is 10.8 Å². The van der Waals surface area contributed by atoms with Crippen molar-refractivity contribution in [3.8, 4) is 6.07 Å². The monoisotopic (exact) mass is 244 g/mol. The van der Waals surface area contributed by atoms with Crippen LogP contribution < -0.4 is 11.1 Å². The van der Waals surface area contributed by atoms with E-state index in [1.807, 2.05) is 12.1 Å². The van der Waals surface area contributed by atoms with Crippen LogP contribution in [0, 0.1) is 18.3 Å². The Hall–Kier alpha value is -2.06. The van der Waals surface area contributed by atoms with Gasteiger partial charge in [0.15, 0.2) is 5.82 Å². The highest BCUT2D eigenvalue weighted by Gasteiger charge is 2.10. The lowest BCUT2D eigenvalue weighted by Crippen LogP contribution is -2.01. The van der Waals surface area contributed by atoms with Crippen LogP contribution in [0.2, 0.25) is 0 Å². The molecule has 4 nitrogen and oxygen atoms in total. The summed E-state index contributed by atoms with van der Waals surface area (Å²) in [6.45, 7) is 2.73. The topological polar surface area (TPSA) is 74.7 Å². The number of anilines is 2. The van der Waals surface area contributed by atoms with Crippen molar-refractivity contribution in [2.24, 2.45) is 0 Å². The van der Waals surface area contributed by atoms with Crippen molar-refractivity contribution in [1.82, 2.24) is 4.37 Å². The summed E-state index contributed by atoms with van der Waals surface area (Å²) in [5.41, 5.74) is 8.44. The number of aryl methyl sites for hydroxylation is 1. The average Bonchev–Trinajstić information content (AvgIpc) is 2.69. The zero-order valence-corrected chi connectivity index (χ0v) is 10.2. The van der Waals surface area contributed by atoms with Gasteiger partial charge in [-0.15, -0.1) is 0 Å². The zero-order valence-electron chi connectivity index (χ0n) is 9.40. The van der Waals surface area contributed by atoms with Gasteiger partial charge in [0.05, 0.1) is 0 Å². The third kappa shape index (κ3) is 2.37. The molecule has 0 atom stereocenters. The molecule has 0 aliphatic rings. The number of hydrogen-bond donors (Lipinski definition) is 2. The number of hydrogen-bond acceptors (Lipinski definition) is 5. The number of benzene rings is 1. The van der Waals surface area contributed by atoms with Crippen molar-refractivity contribution >= 4 is 22.4 Å². The van der Waals surface area contributed by atoms with Gasteiger partial charge in [-0.05, 0) is 29.6 Å². The minimum atomic E-state index is 0.296. The summed E-state index contributed by atoms with van der Waals surface area (Å²) in [6, 6.07) is 10.2. The van der Waals surface area contributed by atoms with Crippen molar-refractivity contribution in [2.75, 3.05) is 11.1 Å². The van der Waals surface area contributed by atoms with Crippen molar-refractivity contribution in [3.63, 3.8) is 0 Å². The predicted octanol–water partition coefficient (Wildman–Crippen LogP) is 2.52. The predicted molar refractivity (Wildman–Crippen MR) is 69.7 cm³/mol. The fraction of sp³-hybridized carbons (Fsp3) is 0.167. The maximum absolute atomic E-state index is 8.94. The number of nitrogen functional groups attached to an aromatic ring is 1. The van der Waals surface area contributed by atoms with Gasteiger partial charge < -0.3 is 11.1 Å². The van der Waals surface area contributed by atoms with Crippen LogP contribution in [0.1, 0.15) is 16.7 Å². The summed E-state index contributed by atoms with van der Waals surface area (Å²) in [5, 5.41) is 12.9. The Bertz CT molecular complexity index is 568. The standard InChI is InChI=1S/C12H12N4S/c1-8-4-2-3-5-9(8)7-15-12-10(6-13)11(14)16-17-12/h2-5,15H,7H2,1H3,(H2,14,16). The van der Waals surface area contributed by atoms with Gasteiger partial charge in [-0.3, -0.25) is 0 Å². The molecule has 0 fully saturated rings. The van der Waals surface area contributed by atoms with Crippen molar-refractivity contribution in [1.29, 1.82) is 5.26 Å². The minimum absolute atomic E-state index is 0.296. The van der Waals surface area contributed by atoms with Gasteiger partial charge in [-0.2, -0.15) is 9.64 Å². The lowest BCUT2D eigenvalue weighted by Gasteiger charge is -2.06. The Morgan fingerprint density at radius 3 is 2.94 bits per heavy atom. The average molecular weight is 244 g/mol. The lowest BCUT2D eigenvalue weighted by molar-refractivity contribution is 1.13. The van der Waals surface area contributed by atoms with Crippen LogP contribution in [0.5, 0.6) is 0 Å². The number of aromatic nitrogens is 1. The van der Waals surface area contributed by atoms with E-state index in [0.717, 1.165) is 5.00 Å². The van der Waals surface area contributed by atoms with Gasteiger partial charge in [-0.1, -0.05) is 24.3 Å². The Morgan fingerprint density at radius 2 is 2.24 bits per heavy atom. The van der Waals surface area contributed by atoms with Crippen LogP contribution in [-0.4, -0.2) is 4.37 Å². The second-order valence-corrected chi connectivity index (χ2v) is 4.44. The molecular weight excluding hydrogens is 232 g/mol. The fourth-order valence-corrected chi connectivity index (χ4v) is 2.17. The molecule has 2 aromatic rings. The number of nitriles is 1. The summed E-state index contributed by atoms with van der Waals surface area (Å²) < 4.78 is 3.96. The molecule has 0 amide bonds. The number of rotatable bonds is 3. The molecule has 86 valence electrons. The molecule has 1 heterocycles. The molecule has 2 rings (SSSR count). The van der Waals surface area contributed by atoms with Gasteiger partial charge >= 0.3 is 0 Å². The van der Waals surface area contributed by atoms with E-state index in [0.29, 0.717) is 17.9 Å². The number of nitrogens with one attached hydrogen (secondary N) is 1. The molecule has 0 aliphatic carbocycles. The Morgan fingerprint density at radius 1 is 1.47 bits per heavy atom. The number of nitrogens with two attached hydrogens (primary N) is 1. The van der Waals surface area contributed by atoms with Crippen LogP contribution >= 0.6 is 11.5 Å². The summed E-state index contributed by atoms with van der Waals surface area (Å²) in [5.74, 6) is 0.296. The second-order valence-electron chi connectivity index (χ2n) is 3.66. The molecule has 5 heteroatoms. The molecule has 0 saturated heterocycles. The van der Waals surface area contributed by atoms with Crippen LogP contribution in [-0.2, 0) is 6.54 Å². The first-order valence-electron chi connectivity index (χ1n) is 5.16. The maximum atomic E-state index is 8.94. The van der Waals surface area contributed by atoms with E-state index < -0.39 is 0 Å². The van der Waals surface area contributed by atoms with Crippen LogP contribution in [0.25, 0.3) is 0 Å². The molecule has 0 bridgehead atoms. The van der Waals surface area contributed by atoms with E-state index in [9.17, 15) is 0 Å². The number of nitrogens with zero attached hydrogens (tertiary/aromatic N) is 2. The molecule has 0 spiro atoms. The highest BCUT2D eigenvalue weighted by molar-refractivity contribution is 7.10. The quantitative estimate of drug-likeness (QED) is 0.870. The van der Waals surface area contributed by atoms with Gasteiger partial charge in [0, 0.05) is 6.54 Å². The first kappa shape index (κ1) is 11.4. The molecule has 3 N–H and O–H groups in total.